The Kier molecular flexibility index (Phi) is 7.29. The number of aliphatic imine (C=N–C) groups is 1. The van der Waals surface area contributed by atoms with Crippen LogP contribution in [0.4, 0.5) is 0 Å². The molecule has 0 aliphatic heterocycles. The number of carbonyl (C=O) groups is 1. The van der Waals surface area contributed by atoms with Gasteiger partial charge in [-0.05, 0) is 30.0 Å². The van der Waals surface area contributed by atoms with E-state index in [9.17, 15) is 4.79 Å². The van der Waals surface area contributed by atoms with Gasteiger partial charge in [0, 0.05) is 32.7 Å². The lowest BCUT2D eigenvalue weighted by Gasteiger charge is -2.13. The Balaban J connectivity index is 2.46. The molecule has 3 N–H and O–H groups in total. The number of benzene rings is 1. The first-order chi connectivity index (χ1) is 10.1. The molecule has 1 amide bonds. The molecule has 0 heterocycles. The lowest BCUT2D eigenvalue weighted by Crippen LogP contribution is -2.39. The van der Waals surface area contributed by atoms with E-state index >= 15 is 0 Å². The average molecular weight is 290 g/mol. The van der Waals surface area contributed by atoms with E-state index in [4.69, 9.17) is 0 Å². The molecule has 1 rings (SSSR count). The Hall–Kier alpha value is -2.04. The van der Waals surface area contributed by atoms with Crippen molar-refractivity contribution in [1.82, 2.24) is 16.0 Å². The lowest BCUT2D eigenvalue weighted by molar-refractivity contribution is 0.0963. The first-order valence-corrected chi connectivity index (χ1v) is 7.32. The van der Waals surface area contributed by atoms with Crippen molar-refractivity contribution in [3.63, 3.8) is 0 Å². The van der Waals surface area contributed by atoms with Crippen molar-refractivity contribution in [1.29, 1.82) is 0 Å². The third-order valence-electron chi connectivity index (χ3n) is 3.02. The molecule has 21 heavy (non-hydrogen) atoms. The molecule has 0 bridgehead atoms. The van der Waals surface area contributed by atoms with Crippen molar-refractivity contribution in [2.45, 2.75) is 20.3 Å². The summed E-state index contributed by atoms with van der Waals surface area (Å²) in [5, 5.41) is 9.18. The van der Waals surface area contributed by atoms with Crippen molar-refractivity contribution in [2.75, 3.05) is 27.2 Å². The fourth-order valence-electron chi connectivity index (χ4n) is 1.86. The highest BCUT2D eigenvalue weighted by Gasteiger charge is 2.04. The summed E-state index contributed by atoms with van der Waals surface area (Å²) >= 11 is 0. The van der Waals surface area contributed by atoms with Crippen LogP contribution in [-0.4, -0.2) is 39.1 Å². The molecule has 5 heteroatoms. The number of nitrogens with zero attached hydrogens (tertiary/aromatic N) is 1. The molecule has 0 aromatic heterocycles. The molecule has 0 aliphatic carbocycles. The minimum absolute atomic E-state index is 0.0563. The molecule has 116 valence electrons. The highest BCUT2D eigenvalue weighted by atomic mass is 16.1. The molecular formula is C16H26N4O. The van der Waals surface area contributed by atoms with Crippen LogP contribution < -0.4 is 16.0 Å². The van der Waals surface area contributed by atoms with E-state index in [1.807, 2.05) is 24.3 Å². The van der Waals surface area contributed by atoms with Crippen molar-refractivity contribution < 1.29 is 4.79 Å². The summed E-state index contributed by atoms with van der Waals surface area (Å²) in [6.45, 7) is 5.98. The SMILES string of the molecule is CN=C(NCCc1cccc(C(=O)NC)c1)NCC(C)C. The first-order valence-electron chi connectivity index (χ1n) is 7.32. The maximum Gasteiger partial charge on any atom is 0.251 e. The molecule has 0 unspecified atom stereocenters. The zero-order valence-electron chi connectivity index (χ0n) is 13.4. The summed E-state index contributed by atoms with van der Waals surface area (Å²) in [5.74, 6) is 1.33. The number of hydrogen-bond donors (Lipinski definition) is 3. The Morgan fingerprint density at radius 2 is 2.05 bits per heavy atom. The van der Waals surface area contributed by atoms with Gasteiger partial charge in [0.2, 0.25) is 0 Å². The Labute approximate surface area is 127 Å². The van der Waals surface area contributed by atoms with Crippen LogP contribution in [-0.2, 0) is 6.42 Å². The molecule has 0 aliphatic rings. The number of rotatable bonds is 6. The quantitative estimate of drug-likeness (QED) is 0.548. The van der Waals surface area contributed by atoms with Crippen LogP contribution in [0.3, 0.4) is 0 Å². The number of hydrogen-bond acceptors (Lipinski definition) is 2. The van der Waals surface area contributed by atoms with Gasteiger partial charge in [0.1, 0.15) is 0 Å². The summed E-state index contributed by atoms with van der Waals surface area (Å²) < 4.78 is 0. The molecule has 0 fully saturated rings. The smallest absolute Gasteiger partial charge is 0.251 e. The summed E-state index contributed by atoms with van der Waals surface area (Å²) in [7, 11) is 3.41. The van der Waals surface area contributed by atoms with Gasteiger partial charge < -0.3 is 16.0 Å². The van der Waals surface area contributed by atoms with Gasteiger partial charge in [-0.3, -0.25) is 9.79 Å². The lowest BCUT2D eigenvalue weighted by atomic mass is 10.1. The van der Waals surface area contributed by atoms with Gasteiger partial charge in [0.25, 0.3) is 5.91 Å². The van der Waals surface area contributed by atoms with Crippen LogP contribution in [0.5, 0.6) is 0 Å². The van der Waals surface area contributed by atoms with Crippen LogP contribution in [0, 0.1) is 5.92 Å². The van der Waals surface area contributed by atoms with Crippen LogP contribution in [0.15, 0.2) is 29.3 Å². The van der Waals surface area contributed by atoms with E-state index in [0.717, 1.165) is 31.0 Å². The maximum atomic E-state index is 11.6. The summed E-state index contributed by atoms with van der Waals surface area (Å²) in [5.41, 5.74) is 1.82. The molecule has 0 atom stereocenters. The second kappa shape index (κ2) is 9.00. The second-order valence-electron chi connectivity index (χ2n) is 5.30. The molecule has 0 spiro atoms. The topological polar surface area (TPSA) is 65.5 Å². The van der Waals surface area contributed by atoms with Gasteiger partial charge in [-0.2, -0.15) is 0 Å². The second-order valence-corrected chi connectivity index (χ2v) is 5.30. The zero-order valence-corrected chi connectivity index (χ0v) is 13.4. The van der Waals surface area contributed by atoms with Gasteiger partial charge in [0.05, 0.1) is 0 Å². The highest BCUT2D eigenvalue weighted by Crippen LogP contribution is 2.05. The predicted molar refractivity (Wildman–Crippen MR) is 87.7 cm³/mol. The van der Waals surface area contributed by atoms with Crippen LogP contribution in [0.25, 0.3) is 0 Å². The Morgan fingerprint density at radius 3 is 2.67 bits per heavy atom. The summed E-state index contributed by atoms with van der Waals surface area (Å²) in [6, 6.07) is 7.67. The molecule has 1 aromatic carbocycles. The fourth-order valence-corrected chi connectivity index (χ4v) is 1.86. The van der Waals surface area contributed by atoms with Gasteiger partial charge in [0.15, 0.2) is 5.96 Å². The van der Waals surface area contributed by atoms with Crippen molar-refractivity contribution >= 4 is 11.9 Å². The Bertz CT molecular complexity index is 483. The number of guanidine groups is 1. The number of carbonyl (C=O) groups excluding carboxylic acids is 1. The molecular weight excluding hydrogens is 264 g/mol. The third kappa shape index (κ3) is 6.29. The number of nitrogens with one attached hydrogen (secondary N) is 3. The monoisotopic (exact) mass is 290 g/mol. The van der Waals surface area contributed by atoms with Crippen LogP contribution in [0.1, 0.15) is 29.8 Å². The molecule has 0 saturated heterocycles. The first kappa shape index (κ1) is 17.0. The van der Waals surface area contributed by atoms with Gasteiger partial charge in [-0.25, -0.2) is 0 Å². The normalized spacial score (nSPS) is 11.4. The van der Waals surface area contributed by atoms with Gasteiger partial charge in [-0.15, -0.1) is 0 Å². The third-order valence-corrected chi connectivity index (χ3v) is 3.02. The molecule has 0 saturated carbocycles. The van der Waals surface area contributed by atoms with Crippen molar-refractivity contribution in [3.05, 3.63) is 35.4 Å². The van der Waals surface area contributed by atoms with E-state index in [-0.39, 0.29) is 5.91 Å². The summed E-state index contributed by atoms with van der Waals surface area (Å²) in [4.78, 5) is 15.8. The van der Waals surface area contributed by atoms with Crippen LogP contribution >= 0.6 is 0 Å². The maximum absolute atomic E-state index is 11.6. The van der Waals surface area contributed by atoms with Crippen LogP contribution in [0.2, 0.25) is 0 Å². The van der Waals surface area contributed by atoms with Crippen molar-refractivity contribution in [3.8, 4) is 0 Å². The Morgan fingerprint density at radius 1 is 1.29 bits per heavy atom. The molecule has 5 nitrogen and oxygen atoms in total. The van der Waals surface area contributed by atoms with E-state index in [1.54, 1.807) is 14.1 Å². The van der Waals surface area contributed by atoms with E-state index in [2.05, 4.69) is 34.8 Å². The largest absolute Gasteiger partial charge is 0.356 e. The minimum atomic E-state index is -0.0563. The van der Waals surface area contributed by atoms with E-state index in [1.165, 1.54) is 0 Å². The predicted octanol–water partition coefficient (Wildman–Crippen LogP) is 1.41. The molecule has 0 radical (unpaired) electrons. The van der Waals surface area contributed by atoms with Gasteiger partial charge >= 0.3 is 0 Å². The standard InChI is InChI=1S/C16H26N4O/c1-12(2)11-20-16(18-4)19-9-8-13-6-5-7-14(10-13)15(21)17-3/h5-7,10,12H,8-9,11H2,1-4H3,(H,17,21)(H2,18,19,20). The zero-order chi connectivity index (χ0) is 15.7. The number of amides is 1. The summed E-state index contributed by atoms with van der Waals surface area (Å²) in [6.07, 6.45) is 0.840. The van der Waals surface area contributed by atoms with Crippen molar-refractivity contribution in [2.24, 2.45) is 10.9 Å². The molecule has 1 aromatic rings. The average Bonchev–Trinajstić information content (AvgIpc) is 2.49. The fraction of sp³-hybridized carbons (Fsp3) is 0.500. The van der Waals surface area contributed by atoms with E-state index < -0.39 is 0 Å². The van der Waals surface area contributed by atoms with Gasteiger partial charge in [-0.1, -0.05) is 26.0 Å². The highest BCUT2D eigenvalue weighted by molar-refractivity contribution is 5.94. The minimum Gasteiger partial charge on any atom is -0.356 e. The van der Waals surface area contributed by atoms with E-state index in [0.29, 0.717) is 11.5 Å².